The zero-order valence-electron chi connectivity index (χ0n) is 7.64. The molecule has 0 aliphatic rings. The van der Waals surface area contributed by atoms with Gasteiger partial charge in [0.15, 0.2) is 9.84 Å². The van der Waals surface area contributed by atoms with Crippen molar-refractivity contribution in [2.24, 2.45) is 0 Å². The second kappa shape index (κ2) is 4.61. The Bertz CT molecular complexity index is 409. The Balaban J connectivity index is 2.93. The molecule has 0 N–H and O–H groups in total. The number of hydrogen-bond donors (Lipinski definition) is 0. The molecule has 0 saturated carbocycles. The van der Waals surface area contributed by atoms with Crippen molar-refractivity contribution in [3.8, 4) is 0 Å². The molecule has 3 nitrogen and oxygen atoms in total. The minimum Gasteiger partial charge on any atom is -0.286 e. The maximum atomic E-state index is 11.6. The van der Waals surface area contributed by atoms with E-state index < -0.39 is 15.6 Å². The Morgan fingerprint density at radius 1 is 1.29 bits per heavy atom. The van der Waals surface area contributed by atoms with Gasteiger partial charge in [-0.3, -0.25) is 4.79 Å². The Labute approximate surface area is 87.4 Å². The van der Waals surface area contributed by atoms with Gasteiger partial charge >= 0.3 is 0 Å². The first-order valence-corrected chi connectivity index (χ1v) is 6.78. The van der Waals surface area contributed by atoms with Gasteiger partial charge in [0.2, 0.25) is 5.12 Å². The molecule has 0 fully saturated rings. The van der Waals surface area contributed by atoms with Crippen LogP contribution in [0, 0.1) is 0 Å². The first-order valence-electron chi connectivity index (χ1n) is 3.91. The fraction of sp³-hybridized carbons (Fsp3) is 0.222. The molecule has 0 amide bonds. The van der Waals surface area contributed by atoms with E-state index in [4.69, 9.17) is 0 Å². The highest BCUT2D eigenvalue weighted by Crippen LogP contribution is 2.12. The number of carbonyl (C=O) groups is 1. The lowest BCUT2D eigenvalue weighted by molar-refractivity contribution is -0.108. The smallest absolute Gasteiger partial charge is 0.204 e. The summed E-state index contributed by atoms with van der Waals surface area (Å²) in [5.41, 5.74) is 0. The molecule has 0 aliphatic heterocycles. The summed E-state index contributed by atoms with van der Waals surface area (Å²) < 4.78 is 23.1. The standard InChI is InChI=1S/C9H10O3S2/c1-13-9(10)7-14(11,12)8-5-3-2-4-6-8/h2-6H,7H2,1H3. The maximum absolute atomic E-state index is 11.6. The summed E-state index contributed by atoms with van der Waals surface area (Å²) in [6, 6.07) is 7.98. The van der Waals surface area contributed by atoms with Crippen molar-refractivity contribution in [1.29, 1.82) is 0 Å². The second-order valence-electron chi connectivity index (χ2n) is 2.65. The van der Waals surface area contributed by atoms with Crippen LogP contribution in [0.3, 0.4) is 0 Å². The van der Waals surface area contributed by atoms with Crippen molar-refractivity contribution in [2.75, 3.05) is 12.0 Å². The third kappa shape index (κ3) is 2.85. The maximum Gasteiger partial charge on any atom is 0.204 e. The van der Waals surface area contributed by atoms with Crippen molar-refractivity contribution in [2.45, 2.75) is 4.90 Å². The van der Waals surface area contributed by atoms with E-state index in [0.717, 1.165) is 11.8 Å². The summed E-state index contributed by atoms with van der Waals surface area (Å²) in [6.45, 7) is 0. The predicted octanol–water partition coefficient (Wildman–Crippen LogP) is 1.35. The van der Waals surface area contributed by atoms with Gasteiger partial charge in [-0.25, -0.2) is 8.42 Å². The SMILES string of the molecule is CSC(=O)CS(=O)(=O)c1ccccc1. The lowest BCUT2D eigenvalue weighted by Crippen LogP contribution is -2.13. The van der Waals surface area contributed by atoms with Gasteiger partial charge in [0.1, 0.15) is 5.75 Å². The second-order valence-corrected chi connectivity index (χ2v) is 5.50. The molecule has 1 aromatic rings. The zero-order valence-corrected chi connectivity index (χ0v) is 9.27. The number of hydrogen-bond acceptors (Lipinski definition) is 4. The number of sulfone groups is 1. The quantitative estimate of drug-likeness (QED) is 0.786. The normalized spacial score (nSPS) is 11.2. The van der Waals surface area contributed by atoms with Gasteiger partial charge in [-0.05, 0) is 18.4 Å². The highest BCUT2D eigenvalue weighted by molar-refractivity contribution is 8.14. The molecule has 0 radical (unpaired) electrons. The van der Waals surface area contributed by atoms with Gasteiger partial charge in [0, 0.05) is 0 Å². The predicted molar refractivity (Wildman–Crippen MR) is 57.0 cm³/mol. The lowest BCUT2D eigenvalue weighted by Gasteiger charge is -2.01. The molecule has 0 unspecified atom stereocenters. The summed E-state index contributed by atoms with van der Waals surface area (Å²) in [5, 5.41) is -0.339. The van der Waals surface area contributed by atoms with E-state index in [1.807, 2.05) is 0 Å². The largest absolute Gasteiger partial charge is 0.286 e. The number of carbonyl (C=O) groups excluding carboxylic acids is 1. The summed E-state index contributed by atoms with van der Waals surface area (Å²) in [6.07, 6.45) is 1.57. The Morgan fingerprint density at radius 3 is 2.36 bits per heavy atom. The Kier molecular flexibility index (Phi) is 3.71. The fourth-order valence-corrected chi connectivity index (χ4v) is 2.91. The van der Waals surface area contributed by atoms with Crippen LogP contribution in [0.5, 0.6) is 0 Å². The fourth-order valence-electron chi connectivity index (χ4n) is 0.925. The third-order valence-electron chi connectivity index (χ3n) is 1.64. The van der Waals surface area contributed by atoms with E-state index in [-0.39, 0.29) is 10.0 Å². The van der Waals surface area contributed by atoms with Crippen molar-refractivity contribution >= 4 is 26.7 Å². The lowest BCUT2D eigenvalue weighted by atomic mass is 10.4. The van der Waals surface area contributed by atoms with E-state index in [0.29, 0.717) is 0 Å². The molecule has 0 spiro atoms. The molecule has 5 heteroatoms. The van der Waals surface area contributed by atoms with Crippen LogP contribution in [0.25, 0.3) is 0 Å². The minimum atomic E-state index is -3.44. The zero-order chi connectivity index (χ0) is 10.6. The van der Waals surface area contributed by atoms with Crippen LogP contribution in [0.1, 0.15) is 0 Å². The summed E-state index contributed by atoms with van der Waals surface area (Å²) >= 11 is 0.928. The van der Waals surface area contributed by atoms with Crippen LogP contribution >= 0.6 is 11.8 Å². The highest BCUT2D eigenvalue weighted by Gasteiger charge is 2.17. The van der Waals surface area contributed by atoms with E-state index in [1.54, 1.807) is 24.5 Å². The van der Waals surface area contributed by atoms with E-state index in [1.165, 1.54) is 12.1 Å². The van der Waals surface area contributed by atoms with Crippen LogP contribution in [0.2, 0.25) is 0 Å². The van der Waals surface area contributed by atoms with Crippen LogP contribution in [0.15, 0.2) is 35.2 Å². The summed E-state index contributed by atoms with van der Waals surface area (Å²) in [4.78, 5) is 11.2. The topological polar surface area (TPSA) is 51.2 Å². The van der Waals surface area contributed by atoms with E-state index in [2.05, 4.69) is 0 Å². The number of benzene rings is 1. The monoisotopic (exact) mass is 230 g/mol. The van der Waals surface area contributed by atoms with Crippen molar-refractivity contribution in [3.63, 3.8) is 0 Å². The van der Waals surface area contributed by atoms with Gasteiger partial charge in [-0.15, -0.1) is 0 Å². The van der Waals surface area contributed by atoms with E-state index in [9.17, 15) is 13.2 Å². The molecule has 1 aromatic carbocycles. The molecule has 0 saturated heterocycles. The Hall–Kier alpha value is -0.810. The van der Waals surface area contributed by atoms with E-state index >= 15 is 0 Å². The Morgan fingerprint density at radius 2 is 1.86 bits per heavy atom. The highest BCUT2D eigenvalue weighted by atomic mass is 32.2. The molecule has 0 bridgehead atoms. The average molecular weight is 230 g/mol. The number of rotatable bonds is 3. The van der Waals surface area contributed by atoms with Crippen LogP contribution < -0.4 is 0 Å². The third-order valence-corrected chi connectivity index (χ3v) is 4.05. The molecule has 0 aromatic heterocycles. The van der Waals surface area contributed by atoms with Crippen molar-refractivity contribution in [3.05, 3.63) is 30.3 Å². The van der Waals surface area contributed by atoms with Gasteiger partial charge in [0.25, 0.3) is 0 Å². The van der Waals surface area contributed by atoms with Gasteiger partial charge in [-0.2, -0.15) is 0 Å². The number of thioether (sulfide) groups is 1. The molecule has 14 heavy (non-hydrogen) atoms. The first-order chi connectivity index (χ1) is 6.56. The van der Waals surface area contributed by atoms with Crippen molar-refractivity contribution < 1.29 is 13.2 Å². The molecule has 0 aliphatic carbocycles. The molecule has 0 atom stereocenters. The molecular formula is C9H10O3S2. The minimum absolute atomic E-state index is 0.197. The van der Waals surface area contributed by atoms with Gasteiger partial charge < -0.3 is 0 Å². The van der Waals surface area contributed by atoms with Gasteiger partial charge in [0.05, 0.1) is 4.90 Å². The molecule has 1 rings (SSSR count). The van der Waals surface area contributed by atoms with Crippen LogP contribution in [-0.2, 0) is 14.6 Å². The van der Waals surface area contributed by atoms with Gasteiger partial charge in [-0.1, -0.05) is 30.0 Å². The van der Waals surface area contributed by atoms with Crippen molar-refractivity contribution in [1.82, 2.24) is 0 Å². The average Bonchev–Trinajstić information content (AvgIpc) is 2.18. The molecule has 0 heterocycles. The molecular weight excluding hydrogens is 220 g/mol. The summed E-state index contributed by atoms with van der Waals surface area (Å²) in [5.74, 6) is -0.432. The van der Waals surface area contributed by atoms with Crippen LogP contribution in [0.4, 0.5) is 0 Å². The van der Waals surface area contributed by atoms with Crippen LogP contribution in [-0.4, -0.2) is 25.5 Å². The molecule has 76 valence electrons. The first kappa shape index (κ1) is 11.3. The summed E-state index contributed by atoms with van der Waals surface area (Å²) in [7, 11) is -3.44.